The van der Waals surface area contributed by atoms with Crippen molar-refractivity contribution < 1.29 is 19.8 Å². The molecule has 168 valence electrons. The van der Waals surface area contributed by atoms with Gasteiger partial charge in [0.05, 0.1) is 0 Å². The summed E-state index contributed by atoms with van der Waals surface area (Å²) in [5, 5.41) is 23.5. The number of benzene rings is 4. The smallest absolute Gasteiger partial charge is 0.189 e. The quantitative estimate of drug-likeness (QED) is 0.143. The highest BCUT2D eigenvalue weighted by molar-refractivity contribution is 6.08. The number of hydrogen-bond acceptors (Lipinski definition) is 2. The second kappa shape index (κ2) is 14.4. The minimum absolute atomic E-state index is 0. The van der Waals surface area contributed by atoms with Crippen LogP contribution in [0.2, 0.25) is 0 Å². The number of carbonyl (C=O) groups is 2. The van der Waals surface area contributed by atoms with Crippen LogP contribution in [0.1, 0.15) is 31.8 Å². The highest BCUT2D eigenvalue weighted by atomic mass is 24.3. The third kappa shape index (κ3) is 8.74. The third-order valence-electron chi connectivity index (χ3n) is 4.76. The van der Waals surface area contributed by atoms with Gasteiger partial charge in [-0.1, -0.05) is 121 Å². The van der Waals surface area contributed by atoms with Crippen LogP contribution in [0, 0.1) is 0 Å². The van der Waals surface area contributed by atoms with E-state index in [-0.39, 0.29) is 46.1 Å². The fourth-order valence-corrected chi connectivity index (χ4v) is 2.98. The van der Waals surface area contributed by atoms with Gasteiger partial charge in [-0.05, 0) is 0 Å². The average Bonchev–Trinajstić information content (AvgIpc) is 2.91. The number of hydrogen-bond donors (Lipinski definition) is 0. The van der Waals surface area contributed by atoms with E-state index in [4.69, 9.17) is 0 Å². The van der Waals surface area contributed by atoms with Crippen molar-refractivity contribution in [2.75, 3.05) is 0 Å². The monoisotopic (exact) mass is 470 g/mol. The first kappa shape index (κ1) is 27.3. The van der Waals surface area contributed by atoms with Crippen molar-refractivity contribution >= 4 is 46.1 Å². The van der Waals surface area contributed by atoms with Gasteiger partial charge >= 0.3 is 0 Å². The minimum atomic E-state index is -0.264. The zero-order chi connectivity index (χ0) is 24.2. The summed E-state index contributed by atoms with van der Waals surface area (Å²) >= 11 is 0. The van der Waals surface area contributed by atoms with Crippen molar-refractivity contribution in [1.82, 2.24) is 0 Å². The van der Waals surface area contributed by atoms with Gasteiger partial charge in [-0.25, -0.2) is 0 Å². The Kier molecular flexibility index (Phi) is 11.2. The summed E-state index contributed by atoms with van der Waals surface area (Å²) in [4.78, 5) is 23.5. The van der Waals surface area contributed by atoms with Crippen LogP contribution in [0.4, 0.5) is 0 Å². The van der Waals surface area contributed by atoms with E-state index in [1.54, 1.807) is 97.1 Å². The highest BCUT2D eigenvalue weighted by Gasteiger charge is 2.07. The van der Waals surface area contributed by atoms with Crippen molar-refractivity contribution in [2.24, 2.45) is 0 Å². The zero-order valence-corrected chi connectivity index (χ0v) is 20.5. The second-order valence-corrected chi connectivity index (χ2v) is 7.21. The summed E-state index contributed by atoms with van der Waals surface area (Å²) in [5.41, 5.74) is 2.10. The van der Waals surface area contributed by atoms with E-state index in [2.05, 4.69) is 0 Å². The molecule has 0 aliphatic rings. The van der Waals surface area contributed by atoms with Crippen molar-refractivity contribution in [1.29, 1.82) is 0 Å². The maximum absolute atomic E-state index is 11.8. The molecule has 4 aromatic carbocycles. The van der Waals surface area contributed by atoms with Crippen LogP contribution >= 0.6 is 0 Å². The Bertz CT molecular complexity index is 1160. The predicted molar refractivity (Wildman–Crippen MR) is 138 cm³/mol. The summed E-state index contributed by atoms with van der Waals surface area (Å²) < 4.78 is 0. The summed E-state index contributed by atoms with van der Waals surface area (Å²) in [6.45, 7) is 0. The van der Waals surface area contributed by atoms with E-state index in [0.717, 1.165) is 12.2 Å². The molecule has 4 radical (unpaired) electrons. The van der Waals surface area contributed by atoms with Gasteiger partial charge in [0.2, 0.25) is 0 Å². The van der Waals surface area contributed by atoms with Crippen LogP contribution in [0.25, 0.3) is 11.5 Å². The first-order valence-electron chi connectivity index (χ1n) is 10.6. The fraction of sp³-hybridized carbons (Fsp3) is 0. The summed E-state index contributed by atoms with van der Waals surface area (Å²) in [6, 6.07) is 35.0. The first-order chi connectivity index (χ1) is 16.5. The average molecular weight is 471 g/mol. The third-order valence-corrected chi connectivity index (χ3v) is 4.76. The van der Waals surface area contributed by atoms with Crippen molar-refractivity contribution in [2.45, 2.75) is 0 Å². The first-order valence-corrected chi connectivity index (χ1v) is 10.6. The molecule has 0 heterocycles. The largest absolute Gasteiger partial charge is 0.289 e. The SMILES string of the molecule is [Mg].[O]C(=CC(=O)c1ccccc1)c1ccccc1.[O]C(=CC(=O)c1ccccc1)c1ccccc1. The van der Waals surface area contributed by atoms with Gasteiger partial charge in [-0.15, -0.1) is 0 Å². The molecule has 0 unspecified atom stereocenters. The lowest BCUT2D eigenvalue weighted by Gasteiger charge is -1.97. The lowest BCUT2D eigenvalue weighted by Crippen LogP contribution is -1.95. The second-order valence-electron chi connectivity index (χ2n) is 7.21. The Hall–Kier alpha value is -3.93. The van der Waals surface area contributed by atoms with E-state index in [0.29, 0.717) is 22.3 Å². The molecule has 0 saturated heterocycles. The van der Waals surface area contributed by atoms with E-state index in [9.17, 15) is 19.8 Å². The number of rotatable bonds is 6. The molecule has 4 aromatic rings. The van der Waals surface area contributed by atoms with Crippen LogP contribution < -0.4 is 0 Å². The molecule has 0 fully saturated rings. The Morgan fingerprint density at radius 1 is 0.400 bits per heavy atom. The lowest BCUT2D eigenvalue weighted by atomic mass is 10.1. The van der Waals surface area contributed by atoms with Gasteiger partial charge in [-0.2, -0.15) is 0 Å². The maximum Gasteiger partial charge on any atom is 0.189 e. The highest BCUT2D eigenvalue weighted by Crippen LogP contribution is 2.14. The van der Waals surface area contributed by atoms with Gasteiger partial charge in [0.1, 0.15) is 0 Å². The molecule has 0 bridgehead atoms. The van der Waals surface area contributed by atoms with Crippen LogP contribution in [0.15, 0.2) is 133 Å². The molecule has 0 saturated carbocycles. The maximum atomic E-state index is 11.8. The molecule has 0 aliphatic heterocycles. The zero-order valence-electron chi connectivity index (χ0n) is 19.0. The normalized spacial score (nSPS) is 10.9. The Labute approximate surface area is 221 Å². The fourth-order valence-electron chi connectivity index (χ4n) is 2.98. The van der Waals surface area contributed by atoms with Gasteiger partial charge in [-0.3, -0.25) is 19.8 Å². The van der Waals surface area contributed by atoms with E-state index < -0.39 is 0 Å². The Balaban J connectivity index is 0.000000240. The van der Waals surface area contributed by atoms with E-state index in [1.165, 1.54) is 0 Å². The van der Waals surface area contributed by atoms with E-state index >= 15 is 0 Å². The van der Waals surface area contributed by atoms with Crippen LogP contribution in [-0.2, 0) is 10.2 Å². The number of ketones is 2. The molecule has 35 heavy (non-hydrogen) atoms. The van der Waals surface area contributed by atoms with Gasteiger partial charge in [0, 0.05) is 57.5 Å². The van der Waals surface area contributed by atoms with Crippen molar-refractivity contribution in [3.05, 3.63) is 156 Å². The molecule has 0 aromatic heterocycles. The predicted octanol–water partition coefficient (Wildman–Crippen LogP) is 6.30. The molecule has 4 rings (SSSR count). The Morgan fingerprint density at radius 3 is 0.886 bits per heavy atom. The van der Waals surface area contributed by atoms with Gasteiger partial charge < -0.3 is 0 Å². The van der Waals surface area contributed by atoms with Gasteiger partial charge in [0.25, 0.3) is 0 Å². The molecule has 4 nitrogen and oxygen atoms in total. The lowest BCUT2D eigenvalue weighted by molar-refractivity contribution is 0.103. The summed E-state index contributed by atoms with van der Waals surface area (Å²) in [7, 11) is 0. The van der Waals surface area contributed by atoms with Crippen LogP contribution in [0.5, 0.6) is 0 Å². The van der Waals surface area contributed by atoms with Crippen LogP contribution in [-0.4, -0.2) is 34.6 Å². The molecule has 0 amide bonds. The summed E-state index contributed by atoms with van der Waals surface area (Å²) in [6.07, 6.45) is 2.26. The topological polar surface area (TPSA) is 73.9 Å². The molecular formula is C30H22MgO4. The molecule has 0 spiro atoms. The molecule has 0 atom stereocenters. The van der Waals surface area contributed by atoms with Crippen LogP contribution in [0.3, 0.4) is 0 Å². The minimum Gasteiger partial charge on any atom is -0.289 e. The molecule has 5 heteroatoms. The van der Waals surface area contributed by atoms with Crippen molar-refractivity contribution in [3.63, 3.8) is 0 Å². The summed E-state index contributed by atoms with van der Waals surface area (Å²) in [5.74, 6) is -1.06. The van der Waals surface area contributed by atoms with Crippen molar-refractivity contribution in [3.8, 4) is 0 Å². The standard InChI is InChI=1S/2C15H11O2.Mg/c2*16-14(12-7-3-1-4-8-12)11-15(17)13-9-5-2-6-10-13;/h2*1-11H;. The number of allylic oxidation sites excluding steroid dienone is 2. The molecule has 0 N–H and O–H groups in total. The van der Waals surface area contributed by atoms with Gasteiger partial charge in [0.15, 0.2) is 23.1 Å². The molecular weight excluding hydrogens is 449 g/mol. The van der Waals surface area contributed by atoms with E-state index in [1.807, 2.05) is 24.3 Å². The Morgan fingerprint density at radius 2 is 0.629 bits per heavy atom. The number of carbonyl (C=O) groups excluding carboxylic acids is 2. The molecule has 0 aliphatic carbocycles.